The number of tetrazole rings is 1. The molecule has 0 amide bonds. The number of anilines is 2. The maximum atomic E-state index is 5.27. The molecule has 2 rings (SSSR count). The van der Waals surface area contributed by atoms with Crippen LogP contribution < -0.4 is 11.1 Å². The highest BCUT2D eigenvalue weighted by molar-refractivity contribution is 5.21. The third-order valence-electron chi connectivity index (χ3n) is 1.34. The van der Waals surface area contributed by atoms with Gasteiger partial charge in [-0.05, 0) is 5.21 Å². The van der Waals surface area contributed by atoms with Gasteiger partial charge in [0.1, 0.15) is 5.76 Å². The number of oxazole rings is 1. The molecule has 0 atom stereocenters. The monoisotopic (exact) mass is 181 g/mol. The second-order valence-electron chi connectivity index (χ2n) is 2.25. The van der Waals surface area contributed by atoms with Gasteiger partial charge in [-0.15, -0.1) is 5.10 Å². The Kier molecular flexibility index (Phi) is 1.79. The molecule has 0 aromatic carbocycles. The van der Waals surface area contributed by atoms with Crippen LogP contribution in [0.3, 0.4) is 0 Å². The third-order valence-corrected chi connectivity index (χ3v) is 1.34. The van der Waals surface area contributed by atoms with Gasteiger partial charge in [0.05, 0.1) is 12.7 Å². The quantitative estimate of drug-likeness (QED) is 0.577. The molecule has 4 N–H and O–H groups in total. The summed E-state index contributed by atoms with van der Waals surface area (Å²) in [5, 5.41) is 15.9. The Hall–Kier alpha value is -2.12. The number of aromatic nitrogens is 5. The van der Waals surface area contributed by atoms with Crippen molar-refractivity contribution in [2.75, 3.05) is 11.1 Å². The Morgan fingerprint density at radius 1 is 1.62 bits per heavy atom. The lowest BCUT2D eigenvalue weighted by Crippen LogP contribution is -1.99. The highest BCUT2D eigenvalue weighted by Gasteiger charge is 2.01. The Balaban J connectivity index is 1.93. The van der Waals surface area contributed by atoms with E-state index in [1.807, 2.05) is 0 Å². The van der Waals surface area contributed by atoms with E-state index >= 15 is 0 Å². The smallest absolute Gasteiger partial charge is 0.292 e. The molecule has 0 aliphatic carbocycles. The number of H-pyrrole nitrogens is 1. The Labute approximate surface area is 72.5 Å². The van der Waals surface area contributed by atoms with Crippen LogP contribution in [0, 0.1) is 0 Å². The topological polar surface area (TPSA) is 119 Å². The fourth-order valence-corrected chi connectivity index (χ4v) is 0.807. The lowest BCUT2D eigenvalue weighted by atomic mass is 10.5. The summed E-state index contributed by atoms with van der Waals surface area (Å²) in [7, 11) is 0. The summed E-state index contributed by atoms with van der Waals surface area (Å²) in [6.45, 7) is 0.420. The van der Waals surface area contributed by atoms with Crippen LogP contribution in [0.4, 0.5) is 12.0 Å². The summed E-state index contributed by atoms with van der Waals surface area (Å²) in [5.41, 5.74) is 5.27. The number of nitrogens with zero attached hydrogens (tertiary/aromatic N) is 4. The molecular formula is C5H7N7O. The van der Waals surface area contributed by atoms with Gasteiger partial charge < -0.3 is 15.5 Å². The minimum absolute atomic E-state index is 0.143. The number of nitrogens with one attached hydrogen (secondary N) is 2. The summed E-state index contributed by atoms with van der Waals surface area (Å²) in [5.74, 6) is 1.01. The average molecular weight is 181 g/mol. The first kappa shape index (κ1) is 7.53. The lowest BCUT2D eigenvalue weighted by Gasteiger charge is -1.94. The minimum Gasteiger partial charge on any atom is -0.427 e. The molecule has 0 fully saturated rings. The molecular weight excluding hydrogens is 174 g/mol. The summed E-state index contributed by atoms with van der Waals surface area (Å²) in [6.07, 6.45) is 1.53. The summed E-state index contributed by atoms with van der Waals surface area (Å²) in [6, 6.07) is 0.143. The number of hydrogen-bond acceptors (Lipinski definition) is 7. The first-order valence-electron chi connectivity index (χ1n) is 3.52. The van der Waals surface area contributed by atoms with E-state index in [1.54, 1.807) is 0 Å². The van der Waals surface area contributed by atoms with Gasteiger partial charge in [0.2, 0.25) is 0 Å². The standard InChI is InChI=1S/C5H7N7O/c6-4-7-1-3(13-4)2-8-5-9-11-12-10-5/h1H,2H2,(H2,6,7)(H2,8,9,10,11,12). The molecule has 2 aromatic heterocycles. The van der Waals surface area contributed by atoms with Crippen molar-refractivity contribution in [1.82, 2.24) is 25.6 Å². The van der Waals surface area contributed by atoms with E-state index in [4.69, 9.17) is 10.2 Å². The Morgan fingerprint density at radius 2 is 2.54 bits per heavy atom. The normalized spacial score (nSPS) is 10.2. The SMILES string of the molecule is Nc1ncc(CNc2nn[nH]n2)o1. The van der Waals surface area contributed by atoms with Crippen LogP contribution in [0.1, 0.15) is 5.76 Å². The summed E-state index contributed by atoms with van der Waals surface area (Å²) >= 11 is 0. The van der Waals surface area contributed by atoms with Gasteiger partial charge in [-0.2, -0.15) is 5.21 Å². The van der Waals surface area contributed by atoms with Gasteiger partial charge >= 0.3 is 0 Å². The molecule has 0 radical (unpaired) electrons. The van der Waals surface area contributed by atoms with Crippen molar-refractivity contribution in [3.8, 4) is 0 Å². The van der Waals surface area contributed by atoms with Crippen molar-refractivity contribution in [1.29, 1.82) is 0 Å². The van der Waals surface area contributed by atoms with Crippen LogP contribution >= 0.6 is 0 Å². The number of rotatable bonds is 3. The molecule has 13 heavy (non-hydrogen) atoms. The lowest BCUT2D eigenvalue weighted by molar-refractivity contribution is 0.531. The fourth-order valence-electron chi connectivity index (χ4n) is 0.807. The zero-order valence-electron chi connectivity index (χ0n) is 6.56. The molecule has 8 heteroatoms. The second kappa shape index (κ2) is 3.09. The zero-order chi connectivity index (χ0) is 9.10. The van der Waals surface area contributed by atoms with E-state index in [0.717, 1.165) is 0 Å². The van der Waals surface area contributed by atoms with Crippen molar-refractivity contribution in [3.05, 3.63) is 12.0 Å². The van der Waals surface area contributed by atoms with Crippen LogP contribution in [0.5, 0.6) is 0 Å². The van der Waals surface area contributed by atoms with Gasteiger partial charge in [-0.25, -0.2) is 4.98 Å². The highest BCUT2D eigenvalue weighted by atomic mass is 16.4. The molecule has 2 heterocycles. The average Bonchev–Trinajstić information content (AvgIpc) is 2.71. The maximum Gasteiger partial charge on any atom is 0.292 e. The number of hydrogen-bond donors (Lipinski definition) is 3. The van der Waals surface area contributed by atoms with Crippen molar-refractivity contribution >= 4 is 12.0 Å². The first-order valence-corrected chi connectivity index (χ1v) is 3.52. The summed E-state index contributed by atoms with van der Waals surface area (Å²) in [4.78, 5) is 3.72. The number of nitrogens with two attached hydrogens (primary N) is 1. The van der Waals surface area contributed by atoms with Gasteiger partial charge in [-0.1, -0.05) is 5.10 Å². The van der Waals surface area contributed by atoms with Crippen molar-refractivity contribution in [3.63, 3.8) is 0 Å². The molecule has 8 nitrogen and oxygen atoms in total. The minimum atomic E-state index is 0.143. The van der Waals surface area contributed by atoms with E-state index in [-0.39, 0.29) is 6.01 Å². The van der Waals surface area contributed by atoms with Crippen LogP contribution in [0.25, 0.3) is 0 Å². The fraction of sp³-hybridized carbons (Fsp3) is 0.200. The van der Waals surface area contributed by atoms with Gasteiger partial charge in [0, 0.05) is 0 Å². The molecule has 0 aliphatic heterocycles. The van der Waals surface area contributed by atoms with Crippen molar-refractivity contribution < 1.29 is 4.42 Å². The predicted octanol–water partition coefficient (Wildman–Crippen LogP) is -0.618. The zero-order valence-corrected chi connectivity index (χ0v) is 6.56. The van der Waals surface area contributed by atoms with E-state index < -0.39 is 0 Å². The van der Waals surface area contributed by atoms with Crippen LogP contribution in [0.15, 0.2) is 10.6 Å². The number of nitrogen functional groups attached to an aromatic ring is 1. The summed E-state index contributed by atoms with van der Waals surface area (Å²) < 4.78 is 5.00. The third kappa shape index (κ3) is 1.72. The van der Waals surface area contributed by atoms with Crippen LogP contribution in [0.2, 0.25) is 0 Å². The molecule has 2 aromatic rings. The molecule has 0 bridgehead atoms. The predicted molar refractivity (Wildman–Crippen MR) is 42.4 cm³/mol. The van der Waals surface area contributed by atoms with E-state index in [0.29, 0.717) is 18.3 Å². The van der Waals surface area contributed by atoms with E-state index in [9.17, 15) is 0 Å². The molecule has 0 unspecified atom stereocenters. The molecule has 68 valence electrons. The van der Waals surface area contributed by atoms with E-state index in [2.05, 4.69) is 30.9 Å². The van der Waals surface area contributed by atoms with Gasteiger partial charge in [0.25, 0.3) is 12.0 Å². The first-order chi connectivity index (χ1) is 6.34. The second-order valence-corrected chi connectivity index (χ2v) is 2.25. The molecule has 0 spiro atoms. The molecule has 0 saturated carbocycles. The largest absolute Gasteiger partial charge is 0.427 e. The van der Waals surface area contributed by atoms with Crippen LogP contribution in [-0.2, 0) is 6.54 Å². The van der Waals surface area contributed by atoms with Crippen molar-refractivity contribution in [2.45, 2.75) is 6.54 Å². The van der Waals surface area contributed by atoms with Gasteiger partial charge in [-0.3, -0.25) is 0 Å². The van der Waals surface area contributed by atoms with Crippen molar-refractivity contribution in [2.24, 2.45) is 0 Å². The van der Waals surface area contributed by atoms with E-state index in [1.165, 1.54) is 6.20 Å². The maximum absolute atomic E-state index is 5.27. The Morgan fingerprint density at radius 3 is 3.15 bits per heavy atom. The van der Waals surface area contributed by atoms with Crippen LogP contribution in [-0.4, -0.2) is 25.6 Å². The Bertz CT molecular complexity index is 366. The number of aromatic amines is 1. The molecule has 0 saturated heterocycles. The highest BCUT2D eigenvalue weighted by Crippen LogP contribution is 2.05. The van der Waals surface area contributed by atoms with Gasteiger partial charge in [0.15, 0.2) is 0 Å². The molecule has 0 aliphatic rings.